The number of rotatable bonds is 5. The van der Waals surface area contributed by atoms with Gasteiger partial charge in [-0.25, -0.2) is 4.79 Å². The predicted octanol–water partition coefficient (Wildman–Crippen LogP) is 3.01. The standard InChI is InChI=1S/C15H15Cl2N3O3/c1-3-9-7-12(20-19-9)13(21)18-15(2,14(22)23)8-4-5-10(16)11(17)6-8/h4-7H,3H2,1-2H3,(H,18,21)(H,19,20)(H,22,23). The summed E-state index contributed by atoms with van der Waals surface area (Å²) in [5, 5.41) is 19.2. The van der Waals surface area contributed by atoms with E-state index in [1.807, 2.05) is 6.92 Å². The minimum atomic E-state index is -1.67. The van der Waals surface area contributed by atoms with Gasteiger partial charge in [0.05, 0.1) is 10.0 Å². The van der Waals surface area contributed by atoms with Crippen LogP contribution in [0.5, 0.6) is 0 Å². The molecule has 1 unspecified atom stereocenters. The number of H-pyrrole nitrogens is 1. The smallest absolute Gasteiger partial charge is 0.333 e. The van der Waals surface area contributed by atoms with Crippen molar-refractivity contribution in [3.8, 4) is 0 Å². The topological polar surface area (TPSA) is 95.1 Å². The quantitative estimate of drug-likeness (QED) is 0.768. The molecule has 6 nitrogen and oxygen atoms in total. The third kappa shape index (κ3) is 3.48. The van der Waals surface area contributed by atoms with E-state index in [9.17, 15) is 14.7 Å². The van der Waals surface area contributed by atoms with Crippen molar-refractivity contribution in [1.82, 2.24) is 15.5 Å². The molecule has 0 radical (unpaired) electrons. The molecule has 1 amide bonds. The molecule has 1 aromatic carbocycles. The second-order valence-corrected chi connectivity index (χ2v) is 5.96. The van der Waals surface area contributed by atoms with E-state index in [2.05, 4.69) is 15.5 Å². The van der Waals surface area contributed by atoms with Crippen LogP contribution in [-0.2, 0) is 16.8 Å². The van der Waals surface area contributed by atoms with Crippen molar-refractivity contribution < 1.29 is 14.7 Å². The van der Waals surface area contributed by atoms with Crippen LogP contribution in [0.25, 0.3) is 0 Å². The average molecular weight is 356 g/mol. The summed E-state index contributed by atoms with van der Waals surface area (Å²) in [7, 11) is 0. The molecule has 0 aliphatic carbocycles. The first-order valence-electron chi connectivity index (χ1n) is 6.83. The lowest BCUT2D eigenvalue weighted by Crippen LogP contribution is -2.49. The molecule has 0 fully saturated rings. The molecule has 3 N–H and O–H groups in total. The summed E-state index contributed by atoms with van der Waals surface area (Å²) in [6.07, 6.45) is 0.684. The maximum atomic E-state index is 12.3. The Morgan fingerprint density at radius 3 is 2.52 bits per heavy atom. The summed E-state index contributed by atoms with van der Waals surface area (Å²) < 4.78 is 0. The van der Waals surface area contributed by atoms with Gasteiger partial charge in [0.1, 0.15) is 5.69 Å². The Balaban J connectivity index is 2.35. The maximum absolute atomic E-state index is 12.3. The highest BCUT2D eigenvalue weighted by molar-refractivity contribution is 6.42. The number of carboxylic acids is 1. The van der Waals surface area contributed by atoms with Crippen LogP contribution in [0.3, 0.4) is 0 Å². The van der Waals surface area contributed by atoms with E-state index in [0.29, 0.717) is 17.0 Å². The predicted molar refractivity (Wildman–Crippen MR) is 86.9 cm³/mol. The number of aryl methyl sites for hydroxylation is 1. The Labute approximate surface area is 142 Å². The molecule has 122 valence electrons. The van der Waals surface area contributed by atoms with E-state index in [1.54, 1.807) is 6.07 Å². The second kappa shape index (κ2) is 6.60. The third-order valence-electron chi connectivity index (χ3n) is 3.53. The zero-order chi connectivity index (χ0) is 17.2. The molecule has 0 aliphatic heterocycles. The Morgan fingerprint density at radius 1 is 1.30 bits per heavy atom. The second-order valence-electron chi connectivity index (χ2n) is 5.15. The van der Waals surface area contributed by atoms with E-state index in [-0.39, 0.29) is 10.7 Å². The fourth-order valence-corrected chi connectivity index (χ4v) is 2.30. The number of halogens is 2. The molecule has 0 saturated heterocycles. The van der Waals surface area contributed by atoms with Gasteiger partial charge in [-0.3, -0.25) is 9.89 Å². The van der Waals surface area contributed by atoms with Gasteiger partial charge in [-0.05, 0) is 37.1 Å². The number of aromatic nitrogens is 2. The molecule has 0 spiro atoms. The first-order valence-corrected chi connectivity index (χ1v) is 7.59. The molecule has 0 aliphatic rings. The number of amides is 1. The van der Waals surface area contributed by atoms with Gasteiger partial charge in [0.2, 0.25) is 0 Å². The van der Waals surface area contributed by atoms with Gasteiger partial charge in [-0.1, -0.05) is 36.2 Å². The summed E-state index contributed by atoms with van der Waals surface area (Å²) in [4.78, 5) is 24.0. The Bertz CT molecular complexity index is 760. The normalized spacial score (nSPS) is 13.4. The van der Waals surface area contributed by atoms with Gasteiger partial charge in [-0.2, -0.15) is 5.10 Å². The Hall–Kier alpha value is -2.05. The highest BCUT2D eigenvalue weighted by Gasteiger charge is 2.38. The van der Waals surface area contributed by atoms with Crippen molar-refractivity contribution in [1.29, 1.82) is 0 Å². The van der Waals surface area contributed by atoms with Crippen molar-refractivity contribution in [2.45, 2.75) is 25.8 Å². The Kier molecular flexibility index (Phi) is 4.97. The summed E-state index contributed by atoms with van der Waals surface area (Å²) in [5.74, 6) is -1.83. The number of benzene rings is 1. The molecule has 8 heteroatoms. The minimum Gasteiger partial charge on any atom is -0.479 e. The van der Waals surface area contributed by atoms with Gasteiger partial charge < -0.3 is 10.4 Å². The first kappa shape index (κ1) is 17.3. The lowest BCUT2D eigenvalue weighted by molar-refractivity contribution is -0.144. The number of hydrogen-bond acceptors (Lipinski definition) is 3. The van der Waals surface area contributed by atoms with Crippen LogP contribution in [-0.4, -0.2) is 27.2 Å². The van der Waals surface area contributed by atoms with Gasteiger partial charge in [0.15, 0.2) is 5.54 Å². The van der Waals surface area contributed by atoms with Crippen LogP contribution in [0.1, 0.15) is 35.6 Å². The van der Waals surface area contributed by atoms with E-state index in [0.717, 1.165) is 5.69 Å². The van der Waals surface area contributed by atoms with Crippen LogP contribution in [0.15, 0.2) is 24.3 Å². The molecule has 2 rings (SSSR count). The summed E-state index contributed by atoms with van der Waals surface area (Å²) in [5.41, 5.74) is -0.466. The van der Waals surface area contributed by atoms with Crippen LogP contribution >= 0.6 is 23.2 Å². The SMILES string of the molecule is CCc1cc(C(=O)NC(C)(C(=O)O)c2ccc(Cl)c(Cl)c2)n[nH]1. The van der Waals surface area contributed by atoms with Gasteiger partial charge in [0.25, 0.3) is 5.91 Å². The van der Waals surface area contributed by atoms with Crippen LogP contribution in [0, 0.1) is 0 Å². The number of carbonyl (C=O) groups excluding carboxylic acids is 1. The number of hydrogen-bond donors (Lipinski definition) is 3. The maximum Gasteiger partial charge on any atom is 0.333 e. The van der Waals surface area contributed by atoms with Crippen LogP contribution < -0.4 is 5.32 Å². The van der Waals surface area contributed by atoms with Crippen molar-refractivity contribution in [2.75, 3.05) is 0 Å². The lowest BCUT2D eigenvalue weighted by atomic mass is 9.92. The molecular weight excluding hydrogens is 341 g/mol. The number of carbonyl (C=O) groups is 2. The monoisotopic (exact) mass is 355 g/mol. The van der Waals surface area contributed by atoms with E-state index >= 15 is 0 Å². The summed E-state index contributed by atoms with van der Waals surface area (Å²) >= 11 is 11.8. The van der Waals surface area contributed by atoms with Crippen LogP contribution in [0.4, 0.5) is 0 Å². The number of carboxylic acid groups (broad SMARTS) is 1. The highest BCUT2D eigenvalue weighted by Crippen LogP contribution is 2.29. The van der Waals surface area contributed by atoms with Crippen molar-refractivity contribution in [2.24, 2.45) is 0 Å². The average Bonchev–Trinajstić information content (AvgIpc) is 2.98. The fraction of sp³-hybridized carbons (Fsp3) is 0.267. The van der Waals surface area contributed by atoms with E-state index in [1.165, 1.54) is 25.1 Å². The van der Waals surface area contributed by atoms with Crippen molar-refractivity contribution >= 4 is 35.1 Å². The summed E-state index contributed by atoms with van der Waals surface area (Å²) in [6, 6.07) is 5.98. The molecule has 0 bridgehead atoms. The minimum absolute atomic E-state index is 0.120. The molecular formula is C15H15Cl2N3O3. The van der Waals surface area contributed by atoms with Gasteiger partial charge >= 0.3 is 5.97 Å². The molecule has 2 aromatic rings. The van der Waals surface area contributed by atoms with Gasteiger partial charge in [0, 0.05) is 5.69 Å². The number of aromatic amines is 1. The Morgan fingerprint density at radius 2 is 2.00 bits per heavy atom. The number of nitrogens with one attached hydrogen (secondary N) is 2. The first-order chi connectivity index (χ1) is 10.8. The van der Waals surface area contributed by atoms with Crippen molar-refractivity contribution in [3.63, 3.8) is 0 Å². The number of aliphatic carboxylic acids is 1. The van der Waals surface area contributed by atoms with Gasteiger partial charge in [-0.15, -0.1) is 0 Å². The largest absolute Gasteiger partial charge is 0.479 e. The van der Waals surface area contributed by atoms with E-state index < -0.39 is 17.4 Å². The lowest BCUT2D eigenvalue weighted by Gasteiger charge is -2.26. The highest BCUT2D eigenvalue weighted by atomic mass is 35.5. The molecule has 23 heavy (non-hydrogen) atoms. The molecule has 0 saturated carbocycles. The molecule has 1 heterocycles. The third-order valence-corrected chi connectivity index (χ3v) is 4.27. The van der Waals surface area contributed by atoms with E-state index in [4.69, 9.17) is 23.2 Å². The zero-order valence-corrected chi connectivity index (χ0v) is 14.0. The number of nitrogens with zero attached hydrogens (tertiary/aromatic N) is 1. The summed E-state index contributed by atoms with van der Waals surface area (Å²) in [6.45, 7) is 3.28. The molecule has 1 atom stereocenters. The van der Waals surface area contributed by atoms with Crippen LogP contribution in [0.2, 0.25) is 10.0 Å². The zero-order valence-electron chi connectivity index (χ0n) is 12.5. The van der Waals surface area contributed by atoms with Crippen molar-refractivity contribution in [3.05, 3.63) is 51.3 Å². The molecule has 1 aromatic heterocycles. The fourth-order valence-electron chi connectivity index (χ4n) is 2.01.